The molecule has 0 amide bonds. The zero-order valence-corrected chi connectivity index (χ0v) is 12.6. The molecule has 0 unspecified atom stereocenters. The zero-order chi connectivity index (χ0) is 14.0. The fraction of sp³-hybridized carbons (Fsp3) is 0.0769. The second-order valence-electron chi connectivity index (χ2n) is 3.85. The Hall–Kier alpha value is -0.840. The third kappa shape index (κ3) is 3.59. The average molecular weight is 367 g/mol. The van der Waals surface area contributed by atoms with Crippen LogP contribution in [0.15, 0.2) is 34.8 Å². The van der Waals surface area contributed by atoms with Gasteiger partial charge in [0.15, 0.2) is 0 Å². The van der Waals surface area contributed by atoms with Crippen molar-refractivity contribution in [3.05, 3.63) is 62.0 Å². The molecule has 0 atom stereocenters. The molecule has 0 saturated heterocycles. The highest BCUT2D eigenvalue weighted by atomic mass is 79.9. The summed E-state index contributed by atoms with van der Waals surface area (Å²) in [5.41, 5.74) is 0.906. The minimum Gasteiger partial charge on any atom is -0.379 e. The minimum atomic E-state index is -0.534. The van der Waals surface area contributed by atoms with Crippen molar-refractivity contribution in [2.45, 2.75) is 6.54 Å². The van der Waals surface area contributed by atoms with E-state index in [1.807, 2.05) is 0 Å². The van der Waals surface area contributed by atoms with E-state index in [0.717, 1.165) is 17.7 Å². The highest BCUT2D eigenvalue weighted by Crippen LogP contribution is 2.25. The van der Waals surface area contributed by atoms with Crippen molar-refractivity contribution in [2.75, 3.05) is 5.32 Å². The fourth-order valence-corrected chi connectivity index (χ4v) is 2.14. The van der Waals surface area contributed by atoms with E-state index in [-0.39, 0.29) is 10.2 Å². The van der Waals surface area contributed by atoms with Crippen molar-refractivity contribution in [3.8, 4) is 0 Å². The molecule has 1 nitrogen and oxygen atoms in total. The van der Waals surface area contributed by atoms with E-state index in [4.69, 9.17) is 23.2 Å². The number of nitrogens with one attached hydrogen (secondary N) is 1. The Morgan fingerprint density at radius 1 is 1.00 bits per heavy atom. The maximum atomic E-state index is 13.6. The van der Waals surface area contributed by atoms with Gasteiger partial charge in [0.2, 0.25) is 0 Å². The maximum absolute atomic E-state index is 13.6. The first-order valence-corrected chi connectivity index (χ1v) is 6.84. The molecular formula is C13H8BrCl2F2N. The summed E-state index contributed by atoms with van der Waals surface area (Å²) in [5, 5.41) is 3.68. The van der Waals surface area contributed by atoms with Gasteiger partial charge in [0.1, 0.15) is 11.6 Å². The number of benzene rings is 2. The largest absolute Gasteiger partial charge is 0.379 e. The predicted molar refractivity (Wildman–Crippen MR) is 77.8 cm³/mol. The van der Waals surface area contributed by atoms with Gasteiger partial charge in [0, 0.05) is 12.6 Å². The predicted octanol–water partition coefficient (Wildman–Crippen LogP) is 5.65. The van der Waals surface area contributed by atoms with Gasteiger partial charge in [-0.3, -0.25) is 0 Å². The monoisotopic (exact) mass is 365 g/mol. The van der Waals surface area contributed by atoms with Crippen LogP contribution in [0.4, 0.5) is 14.5 Å². The van der Waals surface area contributed by atoms with Crippen molar-refractivity contribution in [3.63, 3.8) is 0 Å². The van der Waals surface area contributed by atoms with E-state index in [2.05, 4.69) is 21.2 Å². The van der Waals surface area contributed by atoms with E-state index in [1.54, 1.807) is 18.2 Å². The number of halogens is 5. The highest BCUT2D eigenvalue weighted by molar-refractivity contribution is 9.10. The lowest BCUT2D eigenvalue weighted by atomic mass is 10.2. The van der Waals surface area contributed by atoms with Crippen LogP contribution in [-0.2, 0) is 6.54 Å². The molecule has 0 aliphatic rings. The van der Waals surface area contributed by atoms with Crippen LogP contribution in [0.25, 0.3) is 0 Å². The Kier molecular flexibility index (Phi) is 4.66. The summed E-state index contributed by atoms with van der Waals surface area (Å²) in [4.78, 5) is 0. The van der Waals surface area contributed by atoms with Crippen molar-refractivity contribution < 1.29 is 8.78 Å². The first-order valence-electron chi connectivity index (χ1n) is 5.29. The molecule has 1 N–H and O–H groups in total. The second-order valence-corrected chi connectivity index (χ2v) is 5.52. The third-order valence-electron chi connectivity index (χ3n) is 2.48. The van der Waals surface area contributed by atoms with E-state index in [1.165, 1.54) is 0 Å². The molecule has 0 saturated carbocycles. The van der Waals surface area contributed by atoms with Gasteiger partial charge in [-0.1, -0.05) is 29.3 Å². The van der Waals surface area contributed by atoms with Crippen molar-refractivity contribution >= 4 is 44.8 Å². The Bertz CT molecular complexity index is 620. The van der Waals surface area contributed by atoms with Crippen LogP contribution in [-0.4, -0.2) is 0 Å². The van der Waals surface area contributed by atoms with E-state index >= 15 is 0 Å². The number of rotatable bonds is 3. The standard InChI is InChI=1S/C13H8BrCl2F2N/c14-8-4-12(18)13(5-11(8)17)19-6-7-1-2-9(15)10(16)3-7/h1-5,19H,6H2. The van der Waals surface area contributed by atoms with Gasteiger partial charge in [-0.15, -0.1) is 0 Å². The van der Waals surface area contributed by atoms with Crippen LogP contribution in [0.2, 0.25) is 10.0 Å². The first-order chi connectivity index (χ1) is 8.97. The number of anilines is 1. The zero-order valence-electron chi connectivity index (χ0n) is 9.48. The van der Waals surface area contributed by atoms with Crippen LogP contribution in [0, 0.1) is 11.6 Å². The van der Waals surface area contributed by atoms with Crippen molar-refractivity contribution in [1.82, 2.24) is 0 Å². The van der Waals surface area contributed by atoms with Crippen LogP contribution < -0.4 is 5.32 Å². The quantitative estimate of drug-likeness (QED) is 0.692. The highest BCUT2D eigenvalue weighted by Gasteiger charge is 2.08. The molecule has 2 rings (SSSR count). The van der Waals surface area contributed by atoms with Gasteiger partial charge in [-0.25, -0.2) is 8.78 Å². The summed E-state index contributed by atoms with van der Waals surface area (Å²) in [5.74, 6) is -1.06. The smallest absolute Gasteiger partial charge is 0.147 e. The third-order valence-corrected chi connectivity index (χ3v) is 3.82. The summed E-state index contributed by atoms with van der Waals surface area (Å²) in [7, 11) is 0. The van der Waals surface area contributed by atoms with Crippen LogP contribution in [0.5, 0.6) is 0 Å². The molecule has 2 aromatic carbocycles. The fourth-order valence-electron chi connectivity index (χ4n) is 1.50. The Morgan fingerprint density at radius 2 is 1.74 bits per heavy atom. The van der Waals surface area contributed by atoms with Gasteiger partial charge in [0.05, 0.1) is 20.2 Å². The molecule has 0 aromatic heterocycles. The normalized spacial score (nSPS) is 10.6. The summed E-state index contributed by atoms with van der Waals surface area (Å²) in [6.07, 6.45) is 0. The number of hydrogen-bond donors (Lipinski definition) is 1. The van der Waals surface area contributed by atoms with Crippen molar-refractivity contribution in [2.24, 2.45) is 0 Å². The molecule has 0 bridgehead atoms. The van der Waals surface area contributed by atoms with Gasteiger partial charge < -0.3 is 5.32 Å². The van der Waals surface area contributed by atoms with Gasteiger partial charge in [-0.2, -0.15) is 0 Å². The molecule has 0 spiro atoms. The Labute approximate surface area is 127 Å². The van der Waals surface area contributed by atoms with Crippen molar-refractivity contribution in [1.29, 1.82) is 0 Å². The first kappa shape index (κ1) is 14.6. The summed E-state index contributed by atoms with van der Waals surface area (Å²) in [6.45, 7) is 0.314. The average Bonchev–Trinajstić information content (AvgIpc) is 2.36. The van der Waals surface area contributed by atoms with Crippen LogP contribution in [0.3, 0.4) is 0 Å². The SMILES string of the molecule is Fc1cc(NCc2ccc(Cl)c(Cl)c2)c(F)cc1Br. The van der Waals surface area contributed by atoms with E-state index < -0.39 is 11.6 Å². The topological polar surface area (TPSA) is 12.0 Å². The van der Waals surface area contributed by atoms with Gasteiger partial charge in [-0.05, 0) is 39.7 Å². The molecule has 0 aliphatic carbocycles. The Balaban J connectivity index is 2.14. The molecule has 0 heterocycles. The molecule has 0 aliphatic heterocycles. The summed E-state index contributed by atoms with van der Waals surface area (Å²) >= 11 is 14.6. The Morgan fingerprint density at radius 3 is 2.42 bits per heavy atom. The molecule has 0 fully saturated rings. The van der Waals surface area contributed by atoms with Gasteiger partial charge >= 0.3 is 0 Å². The maximum Gasteiger partial charge on any atom is 0.147 e. The molecule has 100 valence electrons. The molecular weight excluding hydrogens is 359 g/mol. The molecule has 0 radical (unpaired) electrons. The van der Waals surface area contributed by atoms with Crippen LogP contribution in [0.1, 0.15) is 5.56 Å². The van der Waals surface area contributed by atoms with E-state index in [9.17, 15) is 8.78 Å². The van der Waals surface area contributed by atoms with Gasteiger partial charge in [0.25, 0.3) is 0 Å². The molecule has 19 heavy (non-hydrogen) atoms. The summed E-state index contributed by atoms with van der Waals surface area (Å²) in [6, 6.07) is 7.25. The summed E-state index contributed by atoms with van der Waals surface area (Å²) < 4.78 is 27.0. The van der Waals surface area contributed by atoms with E-state index in [0.29, 0.717) is 16.6 Å². The minimum absolute atomic E-state index is 0.0880. The lowest BCUT2D eigenvalue weighted by Crippen LogP contribution is -2.02. The molecule has 2 aromatic rings. The number of hydrogen-bond acceptors (Lipinski definition) is 1. The lowest BCUT2D eigenvalue weighted by molar-refractivity contribution is 0.596. The lowest BCUT2D eigenvalue weighted by Gasteiger charge is -2.09. The second kappa shape index (κ2) is 6.07. The van der Waals surface area contributed by atoms with Crippen LogP contribution >= 0.6 is 39.1 Å². The molecule has 6 heteroatoms.